The van der Waals surface area contributed by atoms with Crippen LogP contribution in [0.25, 0.3) is 0 Å². The van der Waals surface area contributed by atoms with Gasteiger partial charge in [-0.1, -0.05) is 6.92 Å². The van der Waals surface area contributed by atoms with Gasteiger partial charge in [0.15, 0.2) is 0 Å². The summed E-state index contributed by atoms with van der Waals surface area (Å²) in [6, 6.07) is 0. The van der Waals surface area contributed by atoms with Crippen molar-refractivity contribution < 1.29 is 15.0 Å². The van der Waals surface area contributed by atoms with Gasteiger partial charge in [-0.05, 0) is 57.7 Å². The molecule has 1 unspecified atom stereocenters. The van der Waals surface area contributed by atoms with E-state index < -0.39 is 11.6 Å². The fourth-order valence-electron chi connectivity index (χ4n) is 3.45. The lowest BCUT2D eigenvalue weighted by atomic mass is 9.79. The van der Waals surface area contributed by atoms with Crippen molar-refractivity contribution in [1.29, 1.82) is 0 Å². The zero-order valence-electron chi connectivity index (χ0n) is 12.5. The van der Waals surface area contributed by atoms with Crippen LogP contribution < -0.4 is 5.32 Å². The molecule has 1 aliphatic heterocycles. The van der Waals surface area contributed by atoms with E-state index in [0.717, 1.165) is 19.6 Å². The summed E-state index contributed by atoms with van der Waals surface area (Å²) in [5.74, 6) is -0.289. The Hall–Kier alpha value is -0.650. The molecule has 1 aliphatic carbocycles. The van der Waals surface area contributed by atoms with E-state index in [2.05, 4.69) is 17.1 Å². The van der Waals surface area contributed by atoms with Gasteiger partial charge in [0.25, 0.3) is 0 Å². The Bertz CT molecular complexity index is 327. The third-order valence-electron chi connectivity index (χ3n) is 4.97. The number of likely N-dealkylation sites (tertiary alicyclic amines) is 1. The molecule has 5 heteroatoms. The molecule has 2 rings (SSSR count). The number of aliphatic carboxylic acids is 1. The van der Waals surface area contributed by atoms with Gasteiger partial charge in [-0.3, -0.25) is 4.79 Å². The van der Waals surface area contributed by atoms with Gasteiger partial charge in [-0.2, -0.15) is 0 Å². The van der Waals surface area contributed by atoms with Crippen LogP contribution in [0.1, 0.15) is 39.0 Å². The number of carboxylic acid groups (broad SMARTS) is 1. The summed E-state index contributed by atoms with van der Waals surface area (Å²) in [6.45, 7) is 7.22. The first-order valence-electron chi connectivity index (χ1n) is 7.90. The maximum Gasteiger partial charge on any atom is 0.306 e. The lowest BCUT2D eigenvalue weighted by molar-refractivity contribution is -0.144. The van der Waals surface area contributed by atoms with E-state index in [1.54, 1.807) is 0 Å². The minimum absolute atomic E-state index is 0.261. The molecule has 1 saturated heterocycles. The molecule has 1 atom stereocenters. The Balaban J connectivity index is 1.65. The Morgan fingerprint density at radius 2 is 2.05 bits per heavy atom. The molecule has 0 radical (unpaired) electrons. The second-order valence-electron chi connectivity index (χ2n) is 6.52. The van der Waals surface area contributed by atoms with E-state index in [1.165, 1.54) is 13.0 Å². The molecule has 116 valence electrons. The average Bonchev–Trinajstić information content (AvgIpc) is 2.87. The van der Waals surface area contributed by atoms with E-state index in [1.807, 2.05) is 0 Å². The second kappa shape index (κ2) is 6.87. The van der Waals surface area contributed by atoms with Crippen molar-refractivity contribution in [3.63, 3.8) is 0 Å². The van der Waals surface area contributed by atoms with Crippen LogP contribution in [0, 0.1) is 11.8 Å². The molecule has 0 aromatic heterocycles. The maximum atomic E-state index is 10.9. The molecular formula is C15H28N2O3. The summed E-state index contributed by atoms with van der Waals surface area (Å²) in [5.41, 5.74) is -0.699. The molecular weight excluding hydrogens is 256 g/mol. The monoisotopic (exact) mass is 284 g/mol. The first-order valence-corrected chi connectivity index (χ1v) is 7.90. The topological polar surface area (TPSA) is 72.8 Å². The van der Waals surface area contributed by atoms with Crippen molar-refractivity contribution in [3.05, 3.63) is 0 Å². The van der Waals surface area contributed by atoms with E-state index in [9.17, 15) is 9.90 Å². The third kappa shape index (κ3) is 4.17. The molecule has 20 heavy (non-hydrogen) atoms. The van der Waals surface area contributed by atoms with Crippen LogP contribution in [0.4, 0.5) is 0 Å². The average molecular weight is 284 g/mol. The fourth-order valence-corrected chi connectivity index (χ4v) is 3.45. The highest BCUT2D eigenvalue weighted by Crippen LogP contribution is 2.31. The predicted molar refractivity (Wildman–Crippen MR) is 77.6 cm³/mol. The number of carbonyl (C=O) groups is 1. The van der Waals surface area contributed by atoms with Gasteiger partial charge in [0.1, 0.15) is 0 Å². The van der Waals surface area contributed by atoms with E-state index in [-0.39, 0.29) is 5.92 Å². The molecule has 0 aromatic carbocycles. The lowest BCUT2D eigenvalue weighted by Crippen LogP contribution is -2.45. The zero-order chi connectivity index (χ0) is 14.6. The van der Waals surface area contributed by atoms with Crippen LogP contribution >= 0.6 is 0 Å². The highest BCUT2D eigenvalue weighted by atomic mass is 16.4. The van der Waals surface area contributed by atoms with Crippen molar-refractivity contribution in [2.75, 3.05) is 32.7 Å². The number of aliphatic hydroxyl groups is 1. The molecule has 3 N–H and O–H groups in total. The van der Waals surface area contributed by atoms with Gasteiger partial charge in [0.2, 0.25) is 0 Å². The molecule has 0 amide bonds. The van der Waals surface area contributed by atoms with Crippen molar-refractivity contribution >= 4 is 5.97 Å². The molecule has 1 saturated carbocycles. The van der Waals surface area contributed by atoms with E-state index >= 15 is 0 Å². The van der Waals surface area contributed by atoms with Crippen molar-refractivity contribution in [2.24, 2.45) is 11.8 Å². The predicted octanol–water partition coefficient (Wildman–Crippen LogP) is 0.924. The fraction of sp³-hybridized carbons (Fsp3) is 0.933. The Morgan fingerprint density at radius 1 is 1.35 bits per heavy atom. The van der Waals surface area contributed by atoms with Gasteiger partial charge in [-0.15, -0.1) is 0 Å². The van der Waals surface area contributed by atoms with Gasteiger partial charge < -0.3 is 20.4 Å². The largest absolute Gasteiger partial charge is 0.481 e. The quantitative estimate of drug-likeness (QED) is 0.676. The van der Waals surface area contributed by atoms with Gasteiger partial charge in [0, 0.05) is 13.1 Å². The number of hydrogen-bond acceptors (Lipinski definition) is 4. The smallest absolute Gasteiger partial charge is 0.306 e. The van der Waals surface area contributed by atoms with Crippen molar-refractivity contribution in [2.45, 2.75) is 44.6 Å². The summed E-state index contributed by atoms with van der Waals surface area (Å²) in [7, 11) is 0. The van der Waals surface area contributed by atoms with Crippen molar-refractivity contribution in [1.82, 2.24) is 10.2 Å². The normalized spacial score (nSPS) is 35.3. The highest BCUT2D eigenvalue weighted by Gasteiger charge is 2.35. The first-order chi connectivity index (χ1) is 9.52. The lowest BCUT2D eigenvalue weighted by Gasteiger charge is -2.35. The summed E-state index contributed by atoms with van der Waals surface area (Å²) < 4.78 is 0. The Morgan fingerprint density at radius 3 is 2.60 bits per heavy atom. The van der Waals surface area contributed by atoms with E-state index in [0.29, 0.717) is 38.1 Å². The number of nitrogens with zero attached hydrogens (tertiary/aromatic N) is 1. The molecule has 0 aromatic rings. The third-order valence-corrected chi connectivity index (χ3v) is 4.97. The summed E-state index contributed by atoms with van der Waals surface area (Å²) >= 11 is 0. The standard InChI is InChI=1S/C15H28N2O3/c1-2-17-8-5-12(10-17)9-16-11-15(20)6-3-13(4-7-15)14(18)19/h12-13,16,20H,2-11H2,1H3,(H,18,19). The van der Waals surface area contributed by atoms with Gasteiger partial charge in [-0.25, -0.2) is 0 Å². The highest BCUT2D eigenvalue weighted by molar-refractivity contribution is 5.70. The van der Waals surface area contributed by atoms with Gasteiger partial charge >= 0.3 is 5.97 Å². The second-order valence-corrected chi connectivity index (χ2v) is 6.52. The van der Waals surface area contributed by atoms with Crippen LogP contribution in [0.3, 0.4) is 0 Å². The zero-order valence-corrected chi connectivity index (χ0v) is 12.5. The molecule has 1 heterocycles. The number of nitrogens with one attached hydrogen (secondary N) is 1. The summed E-state index contributed by atoms with van der Waals surface area (Å²) in [4.78, 5) is 13.4. The molecule has 2 aliphatic rings. The molecule has 5 nitrogen and oxygen atoms in total. The molecule has 2 fully saturated rings. The van der Waals surface area contributed by atoms with E-state index in [4.69, 9.17) is 5.11 Å². The van der Waals surface area contributed by atoms with Crippen LogP contribution in [-0.2, 0) is 4.79 Å². The summed E-state index contributed by atoms with van der Waals surface area (Å²) in [6.07, 6.45) is 3.63. The number of hydrogen-bond donors (Lipinski definition) is 3. The summed E-state index contributed by atoms with van der Waals surface area (Å²) in [5, 5.41) is 22.9. The van der Waals surface area contributed by atoms with Crippen LogP contribution in [0.15, 0.2) is 0 Å². The van der Waals surface area contributed by atoms with Crippen LogP contribution in [-0.4, -0.2) is 59.4 Å². The van der Waals surface area contributed by atoms with Crippen molar-refractivity contribution in [3.8, 4) is 0 Å². The first kappa shape index (κ1) is 15.7. The number of rotatable bonds is 6. The Kier molecular flexibility index (Phi) is 5.41. The van der Waals surface area contributed by atoms with Crippen LogP contribution in [0.5, 0.6) is 0 Å². The number of carboxylic acids is 1. The minimum atomic E-state index is -0.717. The SMILES string of the molecule is CCN1CCC(CNCC2(O)CCC(C(=O)O)CC2)C1. The maximum absolute atomic E-state index is 10.9. The minimum Gasteiger partial charge on any atom is -0.481 e. The Labute approximate surface area is 121 Å². The van der Waals surface area contributed by atoms with Gasteiger partial charge in [0.05, 0.1) is 11.5 Å². The molecule has 0 bridgehead atoms. The van der Waals surface area contributed by atoms with Crippen LogP contribution in [0.2, 0.25) is 0 Å². The molecule has 0 spiro atoms.